The van der Waals surface area contributed by atoms with Gasteiger partial charge >= 0.3 is 23.9 Å². The number of esters is 4. The second-order valence-electron chi connectivity index (χ2n) is 9.57. The average molecular weight is 597 g/mol. The third-order valence-electron chi connectivity index (χ3n) is 6.51. The van der Waals surface area contributed by atoms with Gasteiger partial charge < -0.3 is 28.4 Å². The van der Waals surface area contributed by atoms with Gasteiger partial charge in [0.1, 0.15) is 18.5 Å². The van der Waals surface area contributed by atoms with Crippen LogP contribution in [0.4, 0.5) is 0 Å². The zero-order chi connectivity index (χ0) is 30.7. The Balaban J connectivity index is 1.37. The molecule has 0 bridgehead atoms. The van der Waals surface area contributed by atoms with E-state index in [0.29, 0.717) is 5.75 Å². The highest BCUT2D eigenvalue weighted by atomic mass is 16.8. The van der Waals surface area contributed by atoms with Gasteiger partial charge in [-0.25, -0.2) is 19.2 Å². The van der Waals surface area contributed by atoms with Crippen LogP contribution >= 0.6 is 0 Å². The van der Waals surface area contributed by atoms with Gasteiger partial charge in [-0.2, -0.15) is 0 Å². The zero-order valence-corrected chi connectivity index (χ0v) is 23.4. The van der Waals surface area contributed by atoms with E-state index in [-0.39, 0.29) is 16.7 Å². The summed E-state index contributed by atoms with van der Waals surface area (Å²) >= 11 is 0. The Hall–Kier alpha value is -5.48. The van der Waals surface area contributed by atoms with Crippen molar-refractivity contribution in [1.82, 2.24) is 0 Å². The summed E-state index contributed by atoms with van der Waals surface area (Å²) in [5.74, 6) is -2.54. The van der Waals surface area contributed by atoms with Crippen LogP contribution in [-0.4, -0.2) is 61.7 Å². The Bertz CT molecular complexity index is 1540. The van der Waals surface area contributed by atoms with Crippen molar-refractivity contribution in [1.29, 1.82) is 0 Å². The highest BCUT2D eigenvalue weighted by molar-refractivity contribution is 5.91. The first kappa shape index (κ1) is 30.0. The fourth-order valence-electron chi connectivity index (χ4n) is 4.34. The summed E-state index contributed by atoms with van der Waals surface area (Å²) in [5.41, 5.74) is 0.647. The van der Waals surface area contributed by atoms with E-state index >= 15 is 0 Å². The van der Waals surface area contributed by atoms with Crippen molar-refractivity contribution in [2.75, 3.05) is 13.2 Å². The molecule has 0 spiro atoms. The minimum Gasteiger partial charge on any atom is -0.482 e. The number of benzene rings is 4. The molecule has 5 rings (SSSR count). The van der Waals surface area contributed by atoms with Crippen LogP contribution in [0.5, 0.6) is 5.75 Å². The first-order chi connectivity index (χ1) is 21.5. The third-order valence-corrected chi connectivity index (χ3v) is 6.51. The number of hydrogen-bond acceptors (Lipinski definition) is 10. The Morgan fingerprint density at radius 2 is 0.977 bits per heavy atom. The summed E-state index contributed by atoms with van der Waals surface area (Å²) in [7, 11) is 0. The van der Waals surface area contributed by atoms with Gasteiger partial charge in [-0.05, 0) is 48.5 Å². The summed E-state index contributed by atoms with van der Waals surface area (Å²) in [4.78, 5) is 51.8. The molecule has 224 valence electrons. The highest BCUT2D eigenvalue weighted by Crippen LogP contribution is 2.30. The highest BCUT2D eigenvalue weighted by Gasteiger charge is 2.52. The molecule has 0 amide bonds. The molecule has 1 heterocycles. The Morgan fingerprint density at radius 3 is 1.48 bits per heavy atom. The SMILES string of the molecule is O=C(COc1ccccc1)OC[C@H]1OC(OC(=O)c2ccccc2)[C@H](OC(=O)c2ccccc2)[C@@H]1OC(=O)c1ccccc1. The maximum atomic E-state index is 13.1. The van der Waals surface area contributed by atoms with Crippen LogP contribution in [0.3, 0.4) is 0 Å². The van der Waals surface area contributed by atoms with E-state index in [2.05, 4.69) is 0 Å². The molecule has 4 aromatic rings. The predicted octanol–water partition coefficient (Wildman–Crippen LogP) is 4.64. The van der Waals surface area contributed by atoms with Crippen molar-refractivity contribution in [2.24, 2.45) is 0 Å². The van der Waals surface area contributed by atoms with Crippen LogP contribution in [0.25, 0.3) is 0 Å². The molecule has 0 aromatic heterocycles. The lowest BCUT2D eigenvalue weighted by Crippen LogP contribution is -2.43. The van der Waals surface area contributed by atoms with Crippen molar-refractivity contribution in [3.63, 3.8) is 0 Å². The van der Waals surface area contributed by atoms with E-state index in [1.54, 1.807) is 115 Å². The van der Waals surface area contributed by atoms with Crippen molar-refractivity contribution < 1.29 is 47.6 Å². The molecule has 0 radical (unpaired) electrons. The van der Waals surface area contributed by atoms with Crippen molar-refractivity contribution in [3.05, 3.63) is 138 Å². The standard InChI is InChI=1S/C34H28O10/c35-28(22-39-26-19-11-4-12-20-26)40-21-27-29(42-31(36)23-13-5-1-6-14-23)30(43-32(37)24-15-7-2-8-16-24)34(41-27)44-33(38)25-17-9-3-10-18-25/h1-20,27,29-30,34H,21-22H2/t27-,29-,30-,34?/m1/s1. The molecule has 1 aliphatic heterocycles. The first-order valence-corrected chi connectivity index (χ1v) is 13.7. The Morgan fingerprint density at radius 1 is 0.545 bits per heavy atom. The summed E-state index contributed by atoms with van der Waals surface area (Å²) in [6, 6.07) is 33.1. The number of para-hydroxylation sites is 1. The molecule has 4 atom stereocenters. The molecule has 1 saturated heterocycles. The van der Waals surface area contributed by atoms with Gasteiger partial charge in [-0.15, -0.1) is 0 Å². The average Bonchev–Trinajstić information content (AvgIpc) is 3.38. The van der Waals surface area contributed by atoms with E-state index in [9.17, 15) is 19.2 Å². The second kappa shape index (κ2) is 14.6. The van der Waals surface area contributed by atoms with E-state index in [0.717, 1.165) is 0 Å². The topological polar surface area (TPSA) is 124 Å². The monoisotopic (exact) mass is 596 g/mol. The summed E-state index contributed by atoms with van der Waals surface area (Å²) in [5, 5.41) is 0. The fourth-order valence-corrected chi connectivity index (χ4v) is 4.34. The van der Waals surface area contributed by atoms with Crippen LogP contribution in [0.2, 0.25) is 0 Å². The van der Waals surface area contributed by atoms with E-state index in [1.165, 1.54) is 0 Å². The van der Waals surface area contributed by atoms with E-state index in [4.69, 9.17) is 28.4 Å². The molecule has 44 heavy (non-hydrogen) atoms. The van der Waals surface area contributed by atoms with Crippen LogP contribution in [-0.2, 0) is 28.5 Å². The molecular formula is C34H28O10. The van der Waals surface area contributed by atoms with Gasteiger partial charge in [0.05, 0.1) is 16.7 Å². The number of carbonyl (C=O) groups excluding carboxylic acids is 4. The minimum absolute atomic E-state index is 0.210. The summed E-state index contributed by atoms with van der Waals surface area (Å²) < 4.78 is 33.9. The first-order valence-electron chi connectivity index (χ1n) is 13.7. The molecule has 10 nitrogen and oxygen atoms in total. The van der Waals surface area contributed by atoms with E-state index in [1.807, 2.05) is 6.07 Å². The molecule has 0 aliphatic carbocycles. The Kier molecular flexibility index (Phi) is 9.96. The molecule has 0 saturated carbocycles. The largest absolute Gasteiger partial charge is 0.482 e. The van der Waals surface area contributed by atoms with Crippen LogP contribution in [0.15, 0.2) is 121 Å². The predicted molar refractivity (Wildman–Crippen MR) is 155 cm³/mol. The molecule has 10 heteroatoms. The summed E-state index contributed by atoms with van der Waals surface area (Å²) in [6.45, 7) is -0.827. The fraction of sp³-hybridized carbons (Fsp3) is 0.176. The minimum atomic E-state index is -1.51. The lowest BCUT2D eigenvalue weighted by atomic mass is 10.1. The van der Waals surface area contributed by atoms with Crippen LogP contribution < -0.4 is 4.74 Å². The number of ether oxygens (including phenoxy) is 6. The van der Waals surface area contributed by atoms with Gasteiger partial charge in [-0.3, -0.25) is 0 Å². The molecule has 1 unspecified atom stereocenters. The van der Waals surface area contributed by atoms with Gasteiger partial charge in [0, 0.05) is 0 Å². The van der Waals surface area contributed by atoms with E-state index < -0.39 is 61.7 Å². The Labute approximate surface area is 253 Å². The lowest BCUT2D eigenvalue weighted by Gasteiger charge is -2.24. The molecule has 1 aliphatic rings. The van der Waals surface area contributed by atoms with Crippen LogP contribution in [0.1, 0.15) is 31.1 Å². The quantitative estimate of drug-likeness (QED) is 0.179. The second-order valence-corrected chi connectivity index (χ2v) is 9.57. The van der Waals surface area contributed by atoms with Gasteiger partial charge in [-0.1, -0.05) is 72.8 Å². The molecule has 4 aromatic carbocycles. The molecular weight excluding hydrogens is 568 g/mol. The van der Waals surface area contributed by atoms with Gasteiger partial charge in [0.2, 0.25) is 12.4 Å². The van der Waals surface area contributed by atoms with Crippen LogP contribution in [0, 0.1) is 0 Å². The molecule has 0 N–H and O–H groups in total. The molecule has 1 fully saturated rings. The van der Waals surface area contributed by atoms with Crippen molar-refractivity contribution in [3.8, 4) is 5.75 Å². The number of carbonyl (C=O) groups is 4. The third kappa shape index (κ3) is 7.87. The normalized spacial score (nSPS) is 18.9. The summed E-state index contributed by atoms with van der Waals surface area (Å²) in [6.07, 6.45) is -5.42. The zero-order valence-electron chi connectivity index (χ0n) is 23.4. The smallest absolute Gasteiger partial charge is 0.344 e. The van der Waals surface area contributed by atoms with Gasteiger partial charge in [0.15, 0.2) is 12.7 Å². The lowest BCUT2D eigenvalue weighted by molar-refractivity contribution is -0.160. The van der Waals surface area contributed by atoms with Gasteiger partial charge in [0.25, 0.3) is 0 Å². The maximum Gasteiger partial charge on any atom is 0.344 e. The number of hydrogen-bond donors (Lipinski definition) is 0. The van der Waals surface area contributed by atoms with Crippen molar-refractivity contribution in [2.45, 2.75) is 24.6 Å². The number of rotatable bonds is 11. The maximum absolute atomic E-state index is 13.1. The van der Waals surface area contributed by atoms with Crippen molar-refractivity contribution >= 4 is 23.9 Å².